The molecule has 0 heterocycles. The molecule has 0 saturated heterocycles. The Hall–Kier alpha value is -0.530. The molecule has 2 unspecified atom stereocenters. The molecular weight excluding hydrogens is 254 g/mol. The van der Waals surface area contributed by atoms with Gasteiger partial charge in [-0.1, -0.05) is 64.3 Å². The zero-order valence-electron chi connectivity index (χ0n) is 12.7. The Kier molecular flexibility index (Phi) is 7.48. The molecule has 108 valence electrons. The van der Waals surface area contributed by atoms with E-state index < -0.39 is 0 Å². The lowest BCUT2D eigenvalue weighted by atomic mass is 9.84. The Morgan fingerprint density at radius 1 is 1.16 bits per heavy atom. The Balaban J connectivity index is 2.73. The van der Waals surface area contributed by atoms with Gasteiger partial charge in [-0.15, -0.1) is 0 Å². The van der Waals surface area contributed by atoms with E-state index in [1.807, 2.05) is 6.07 Å². The quantitative estimate of drug-likeness (QED) is 0.698. The van der Waals surface area contributed by atoms with Gasteiger partial charge in [-0.3, -0.25) is 0 Å². The highest BCUT2D eigenvalue weighted by Gasteiger charge is 2.18. The molecule has 0 spiro atoms. The molecule has 0 radical (unpaired) electrons. The monoisotopic (exact) mass is 281 g/mol. The van der Waals surface area contributed by atoms with Gasteiger partial charge >= 0.3 is 0 Å². The Morgan fingerprint density at radius 2 is 1.89 bits per heavy atom. The van der Waals surface area contributed by atoms with Crippen LogP contribution in [-0.2, 0) is 0 Å². The zero-order chi connectivity index (χ0) is 14.3. The third kappa shape index (κ3) is 5.97. The van der Waals surface area contributed by atoms with E-state index in [-0.39, 0.29) is 0 Å². The molecule has 2 atom stereocenters. The van der Waals surface area contributed by atoms with Gasteiger partial charge in [0.05, 0.1) is 0 Å². The predicted molar refractivity (Wildman–Crippen MR) is 86.0 cm³/mol. The highest BCUT2D eigenvalue weighted by Crippen LogP contribution is 2.29. The van der Waals surface area contributed by atoms with Crippen LogP contribution in [0.5, 0.6) is 0 Å². The molecule has 0 saturated carbocycles. The number of benzene rings is 1. The first-order valence-electron chi connectivity index (χ1n) is 7.50. The SMILES string of the molecule is CCCC(C)C(CNCC(C)C)c1cccc(Cl)c1. The minimum atomic E-state index is 0.553. The van der Waals surface area contributed by atoms with Crippen molar-refractivity contribution in [3.05, 3.63) is 34.9 Å². The van der Waals surface area contributed by atoms with Crippen molar-refractivity contribution in [1.82, 2.24) is 5.32 Å². The zero-order valence-corrected chi connectivity index (χ0v) is 13.5. The highest BCUT2D eigenvalue weighted by atomic mass is 35.5. The summed E-state index contributed by atoms with van der Waals surface area (Å²) in [6.45, 7) is 11.2. The summed E-state index contributed by atoms with van der Waals surface area (Å²) in [5, 5.41) is 4.44. The molecule has 1 aromatic carbocycles. The van der Waals surface area contributed by atoms with Gasteiger partial charge in [-0.25, -0.2) is 0 Å². The maximum atomic E-state index is 6.13. The molecule has 19 heavy (non-hydrogen) atoms. The molecule has 0 aliphatic heterocycles. The molecule has 1 rings (SSSR count). The van der Waals surface area contributed by atoms with Crippen molar-refractivity contribution in [2.75, 3.05) is 13.1 Å². The van der Waals surface area contributed by atoms with E-state index in [2.05, 4.69) is 51.2 Å². The van der Waals surface area contributed by atoms with E-state index >= 15 is 0 Å². The van der Waals surface area contributed by atoms with E-state index in [9.17, 15) is 0 Å². The first kappa shape index (κ1) is 16.5. The third-order valence-corrected chi connectivity index (χ3v) is 3.86. The van der Waals surface area contributed by atoms with E-state index in [0.29, 0.717) is 17.8 Å². The summed E-state index contributed by atoms with van der Waals surface area (Å²) in [7, 11) is 0. The van der Waals surface area contributed by atoms with Crippen LogP contribution >= 0.6 is 11.6 Å². The minimum Gasteiger partial charge on any atom is -0.316 e. The fourth-order valence-corrected chi connectivity index (χ4v) is 2.77. The van der Waals surface area contributed by atoms with Crippen molar-refractivity contribution in [3.63, 3.8) is 0 Å². The highest BCUT2D eigenvalue weighted by molar-refractivity contribution is 6.30. The van der Waals surface area contributed by atoms with Gasteiger partial charge in [0.25, 0.3) is 0 Å². The van der Waals surface area contributed by atoms with Crippen molar-refractivity contribution in [2.45, 2.75) is 46.5 Å². The van der Waals surface area contributed by atoms with Crippen molar-refractivity contribution in [3.8, 4) is 0 Å². The van der Waals surface area contributed by atoms with Gasteiger partial charge in [-0.2, -0.15) is 0 Å². The second-order valence-corrected chi connectivity index (χ2v) is 6.42. The van der Waals surface area contributed by atoms with E-state index in [4.69, 9.17) is 11.6 Å². The summed E-state index contributed by atoms with van der Waals surface area (Å²) < 4.78 is 0. The molecule has 0 fully saturated rings. The number of hydrogen-bond acceptors (Lipinski definition) is 1. The Morgan fingerprint density at radius 3 is 2.47 bits per heavy atom. The summed E-state index contributed by atoms with van der Waals surface area (Å²) in [5.41, 5.74) is 1.37. The maximum Gasteiger partial charge on any atom is 0.0408 e. The van der Waals surface area contributed by atoms with Crippen LogP contribution in [0.2, 0.25) is 5.02 Å². The normalized spacial score (nSPS) is 14.6. The minimum absolute atomic E-state index is 0.553. The van der Waals surface area contributed by atoms with Crippen LogP contribution in [0, 0.1) is 11.8 Å². The van der Waals surface area contributed by atoms with Gasteiger partial charge < -0.3 is 5.32 Å². The van der Waals surface area contributed by atoms with Crippen LogP contribution in [0.25, 0.3) is 0 Å². The number of rotatable bonds is 8. The standard InChI is InChI=1S/C17H28ClN/c1-5-7-14(4)17(12-19-11-13(2)3)15-8-6-9-16(18)10-15/h6,8-10,13-14,17,19H,5,7,11-12H2,1-4H3. The largest absolute Gasteiger partial charge is 0.316 e. The van der Waals surface area contributed by atoms with Crippen LogP contribution in [0.1, 0.15) is 52.0 Å². The first-order valence-corrected chi connectivity index (χ1v) is 7.88. The summed E-state index contributed by atoms with van der Waals surface area (Å²) in [4.78, 5) is 0. The molecule has 0 amide bonds. The number of hydrogen-bond donors (Lipinski definition) is 1. The molecule has 1 nitrogen and oxygen atoms in total. The Bertz CT molecular complexity index is 362. The summed E-state index contributed by atoms with van der Waals surface area (Å²) >= 11 is 6.13. The molecule has 0 aromatic heterocycles. The first-order chi connectivity index (χ1) is 9.04. The van der Waals surface area contributed by atoms with Crippen molar-refractivity contribution >= 4 is 11.6 Å². The average molecular weight is 282 g/mol. The van der Waals surface area contributed by atoms with Crippen molar-refractivity contribution < 1.29 is 0 Å². The molecule has 0 aliphatic carbocycles. The number of nitrogens with one attached hydrogen (secondary N) is 1. The van der Waals surface area contributed by atoms with E-state index in [1.165, 1.54) is 18.4 Å². The smallest absolute Gasteiger partial charge is 0.0408 e. The van der Waals surface area contributed by atoms with Crippen LogP contribution < -0.4 is 5.32 Å². The molecule has 0 bridgehead atoms. The van der Waals surface area contributed by atoms with Gasteiger partial charge in [0.15, 0.2) is 0 Å². The molecule has 1 N–H and O–H groups in total. The van der Waals surface area contributed by atoms with Crippen LogP contribution in [0.3, 0.4) is 0 Å². The lowest BCUT2D eigenvalue weighted by Gasteiger charge is -2.25. The molecule has 0 aliphatic rings. The second kappa shape index (κ2) is 8.60. The van der Waals surface area contributed by atoms with Gasteiger partial charge in [-0.05, 0) is 42.0 Å². The lowest BCUT2D eigenvalue weighted by Crippen LogP contribution is -2.28. The van der Waals surface area contributed by atoms with Crippen LogP contribution in [0.4, 0.5) is 0 Å². The second-order valence-electron chi connectivity index (χ2n) is 5.98. The number of halogens is 1. The average Bonchev–Trinajstić information content (AvgIpc) is 2.34. The molecule has 2 heteroatoms. The maximum absolute atomic E-state index is 6.13. The Labute approximate surface area is 123 Å². The topological polar surface area (TPSA) is 12.0 Å². The third-order valence-electron chi connectivity index (χ3n) is 3.62. The molecular formula is C17H28ClN. The van der Waals surface area contributed by atoms with Crippen molar-refractivity contribution in [2.24, 2.45) is 11.8 Å². The van der Waals surface area contributed by atoms with Gasteiger partial charge in [0.1, 0.15) is 0 Å². The van der Waals surface area contributed by atoms with Crippen molar-refractivity contribution in [1.29, 1.82) is 0 Å². The fraction of sp³-hybridized carbons (Fsp3) is 0.647. The van der Waals surface area contributed by atoms with Gasteiger partial charge in [0, 0.05) is 11.6 Å². The lowest BCUT2D eigenvalue weighted by molar-refractivity contribution is 0.394. The summed E-state index contributed by atoms with van der Waals surface area (Å²) in [6.07, 6.45) is 2.50. The fourth-order valence-electron chi connectivity index (χ4n) is 2.57. The molecule has 1 aromatic rings. The predicted octanol–water partition coefficient (Wildman–Crippen LogP) is 5.11. The van der Waals surface area contributed by atoms with Gasteiger partial charge in [0.2, 0.25) is 0 Å². The summed E-state index contributed by atoms with van der Waals surface area (Å²) in [6, 6.07) is 8.34. The summed E-state index contributed by atoms with van der Waals surface area (Å²) in [5.74, 6) is 1.93. The van der Waals surface area contributed by atoms with E-state index in [0.717, 1.165) is 18.1 Å². The van der Waals surface area contributed by atoms with Crippen LogP contribution in [-0.4, -0.2) is 13.1 Å². The van der Waals surface area contributed by atoms with E-state index in [1.54, 1.807) is 0 Å². The van der Waals surface area contributed by atoms with Crippen LogP contribution in [0.15, 0.2) is 24.3 Å².